The van der Waals surface area contributed by atoms with E-state index in [4.69, 9.17) is 38.7 Å². The van der Waals surface area contributed by atoms with Crippen LogP contribution in [0, 0.1) is 18.6 Å². The highest BCUT2D eigenvalue weighted by Crippen LogP contribution is 2.36. The van der Waals surface area contributed by atoms with Gasteiger partial charge >= 0.3 is 0 Å². The Balaban J connectivity index is 2.10. The van der Waals surface area contributed by atoms with E-state index in [2.05, 4.69) is 19.6 Å². The van der Waals surface area contributed by atoms with Crippen LogP contribution in [-0.2, 0) is 18.0 Å². The van der Waals surface area contributed by atoms with Crippen LogP contribution in [0.3, 0.4) is 0 Å². The molecule has 0 saturated carbocycles. The number of imidazole rings is 1. The minimum Gasteiger partial charge on any atom is -0.361 e. The molecule has 0 spiro atoms. The van der Waals surface area contributed by atoms with Crippen LogP contribution in [0.25, 0.3) is 0 Å². The van der Waals surface area contributed by atoms with E-state index in [0.29, 0.717) is 30.3 Å². The topological polar surface area (TPSA) is 53.1 Å². The van der Waals surface area contributed by atoms with Crippen LogP contribution in [-0.4, -0.2) is 24.2 Å². The van der Waals surface area contributed by atoms with Gasteiger partial charge in [-0.1, -0.05) is 55.0 Å². The fourth-order valence-electron chi connectivity index (χ4n) is 3.59. The number of hydrogen-bond donors (Lipinski definition) is 1. The number of aromatic nitrogens is 2. The number of nitrogens with zero attached hydrogens (tertiary/aromatic N) is 2. The molecule has 0 aliphatic rings. The summed E-state index contributed by atoms with van der Waals surface area (Å²) in [6.45, 7) is 10.0. The second-order valence-corrected chi connectivity index (χ2v) is 15.7. The second-order valence-electron chi connectivity index (χ2n) is 9.26. The van der Waals surface area contributed by atoms with Crippen LogP contribution >= 0.6 is 23.2 Å². The van der Waals surface area contributed by atoms with E-state index < -0.39 is 25.6 Å². The maximum absolute atomic E-state index is 13.9. The van der Waals surface area contributed by atoms with Crippen molar-refractivity contribution in [3.05, 3.63) is 86.4 Å². The molecule has 0 amide bonds. The standard InChI is InChI=1S/C24H29Cl2F2N3OSi/c1-15-22(13-29)30-24(31(15)14-32-9-10-33(2,3)4)23(16-5-7-20(27)18(25)11-16)17-6-8-21(28)19(26)12-17/h5-8,11-12,23H,9-10,13-14,29H2,1-4H3. The largest absolute Gasteiger partial charge is 0.361 e. The molecule has 1 aromatic heterocycles. The van der Waals surface area contributed by atoms with Gasteiger partial charge in [-0.05, 0) is 48.4 Å². The quantitative estimate of drug-likeness (QED) is 0.256. The van der Waals surface area contributed by atoms with Crippen molar-refractivity contribution in [3.8, 4) is 0 Å². The summed E-state index contributed by atoms with van der Waals surface area (Å²) < 4.78 is 35.9. The van der Waals surface area contributed by atoms with Crippen molar-refractivity contribution in [3.63, 3.8) is 0 Å². The molecule has 3 rings (SSSR count). The molecule has 1 heterocycles. The Kier molecular flexibility index (Phi) is 8.34. The molecule has 0 aliphatic heterocycles. The Morgan fingerprint density at radius 3 is 2.03 bits per heavy atom. The number of benzene rings is 2. The van der Waals surface area contributed by atoms with Crippen LogP contribution in [0.2, 0.25) is 35.7 Å². The van der Waals surface area contributed by atoms with Gasteiger partial charge in [0.15, 0.2) is 0 Å². The van der Waals surface area contributed by atoms with Crippen molar-refractivity contribution in [2.24, 2.45) is 5.73 Å². The normalized spacial score (nSPS) is 12.1. The van der Waals surface area contributed by atoms with Crippen LogP contribution in [0.15, 0.2) is 36.4 Å². The third-order valence-corrected chi connectivity index (χ3v) is 7.85. The van der Waals surface area contributed by atoms with Crippen LogP contribution in [0.4, 0.5) is 8.78 Å². The number of ether oxygens (including phenoxy) is 1. The van der Waals surface area contributed by atoms with E-state index in [1.54, 1.807) is 24.3 Å². The van der Waals surface area contributed by atoms with Crippen molar-refractivity contribution in [1.82, 2.24) is 9.55 Å². The molecular weight excluding hydrogens is 483 g/mol. The van der Waals surface area contributed by atoms with Gasteiger partial charge < -0.3 is 15.0 Å². The lowest BCUT2D eigenvalue weighted by Crippen LogP contribution is -2.22. The fraction of sp³-hybridized carbons (Fsp3) is 0.375. The van der Waals surface area contributed by atoms with Gasteiger partial charge in [0, 0.05) is 26.9 Å². The Labute approximate surface area is 204 Å². The molecule has 0 fully saturated rings. The molecule has 0 aliphatic carbocycles. The van der Waals surface area contributed by atoms with Gasteiger partial charge in [0.2, 0.25) is 0 Å². The van der Waals surface area contributed by atoms with Crippen molar-refractivity contribution in [2.75, 3.05) is 6.61 Å². The first kappa shape index (κ1) is 25.8. The molecule has 2 N–H and O–H groups in total. The Morgan fingerprint density at radius 1 is 1.03 bits per heavy atom. The van der Waals surface area contributed by atoms with Crippen LogP contribution in [0.1, 0.15) is 34.3 Å². The first-order chi connectivity index (χ1) is 15.5. The molecule has 33 heavy (non-hydrogen) atoms. The highest BCUT2D eigenvalue weighted by atomic mass is 35.5. The van der Waals surface area contributed by atoms with E-state index in [1.807, 2.05) is 11.5 Å². The Morgan fingerprint density at radius 2 is 1.58 bits per heavy atom. The smallest absolute Gasteiger partial charge is 0.141 e. The van der Waals surface area contributed by atoms with E-state index in [0.717, 1.165) is 17.4 Å². The molecule has 0 unspecified atom stereocenters. The average molecular weight is 513 g/mol. The molecule has 0 bridgehead atoms. The fourth-order valence-corrected chi connectivity index (χ4v) is 4.73. The van der Waals surface area contributed by atoms with Gasteiger partial charge in [-0.2, -0.15) is 0 Å². The zero-order valence-electron chi connectivity index (χ0n) is 19.3. The van der Waals surface area contributed by atoms with E-state index in [1.165, 1.54) is 12.1 Å². The molecular formula is C24H29Cl2F2N3OSi. The maximum Gasteiger partial charge on any atom is 0.141 e. The second kappa shape index (κ2) is 10.7. The molecule has 0 atom stereocenters. The number of rotatable bonds is 9. The lowest BCUT2D eigenvalue weighted by atomic mass is 9.90. The van der Waals surface area contributed by atoms with Crippen molar-refractivity contribution in [2.45, 2.75) is 51.8 Å². The SMILES string of the molecule is Cc1c(CN)nc(C(c2ccc(F)c(Cl)c2)c2ccc(F)c(Cl)c2)n1COCC[Si](C)(C)C. The Bertz CT molecular complexity index is 1080. The monoisotopic (exact) mass is 511 g/mol. The third kappa shape index (κ3) is 6.22. The van der Waals surface area contributed by atoms with Crippen molar-refractivity contribution in [1.29, 1.82) is 0 Å². The summed E-state index contributed by atoms with van der Waals surface area (Å²) in [5.74, 6) is -0.881. The first-order valence-electron chi connectivity index (χ1n) is 10.8. The summed E-state index contributed by atoms with van der Waals surface area (Å²) >= 11 is 12.2. The highest BCUT2D eigenvalue weighted by Gasteiger charge is 2.26. The molecule has 2 aromatic carbocycles. The highest BCUT2D eigenvalue weighted by molar-refractivity contribution is 6.76. The van der Waals surface area contributed by atoms with Crippen LogP contribution in [0.5, 0.6) is 0 Å². The summed E-state index contributed by atoms with van der Waals surface area (Å²) in [6.07, 6.45) is 0. The lowest BCUT2D eigenvalue weighted by molar-refractivity contribution is 0.0836. The van der Waals surface area contributed by atoms with E-state index in [9.17, 15) is 8.78 Å². The summed E-state index contributed by atoms with van der Waals surface area (Å²) in [6, 6.07) is 10.1. The summed E-state index contributed by atoms with van der Waals surface area (Å²) in [7, 11) is -1.25. The van der Waals surface area contributed by atoms with Gasteiger partial charge in [-0.15, -0.1) is 0 Å². The zero-order chi connectivity index (χ0) is 24.3. The number of halogens is 4. The third-order valence-electron chi connectivity index (χ3n) is 5.57. The zero-order valence-corrected chi connectivity index (χ0v) is 21.8. The van der Waals surface area contributed by atoms with Gasteiger partial charge in [-0.3, -0.25) is 0 Å². The van der Waals surface area contributed by atoms with Crippen molar-refractivity contribution < 1.29 is 13.5 Å². The van der Waals surface area contributed by atoms with E-state index in [-0.39, 0.29) is 16.6 Å². The summed E-state index contributed by atoms with van der Waals surface area (Å²) in [4.78, 5) is 4.81. The van der Waals surface area contributed by atoms with Gasteiger partial charge in [0.25, 0.3) is 0 Å². The molecule has 9 heteroatoms. The minimum atomic E-state index is -1.25. The number of hydrogen-bond acceptors (Lipinski definition) is 3. The Hall–Kier alpha value is -1.77. The van der Waals surface area contributed by atoms with Gasteiger partial charge in [0.1, 0.15) is 24.2 Å². The predicted octanol–water partition coefficient (Wildman–Crippen LogP) is 6.73. The lowest BCUT2D eigenvalue weighted by Gasteiger charge is -2.22. The molecule has 178 valence electrons. The molecule has 0 radical (unpaired) electrons. The summed E-state index contributed by atoms with van der Waals surface area (Å²) in [5.41, 5.74) is 8.96. The van der Waals surface area contributed by atoms with E-state index >= 15 is 0 Å². The van der Waals surface area contributed by atoms with Crippen LogP contribution < -0.4 is 5.73 Å². The maximum atomic E-state index is 13.9. The number of nitrogens with two attached hydrogens (primary N) is 1. The van der Waals surface area contributed by atoms with Crippen molar-refractivity contribution >= 4 is 31.3 Å². The predicted molar refractivity (Wildman–Crippen MR) is 133 cm³/mol. The average Bonchev–Trinajstić information content (AvgIpc) is 3.05. The summed E-state index contributed by atoms with van der Waals surface area (Å²) in [5, 5.41) is -0.0167. The minimum absolute atomic E-state index is 0.00836. The first-order valence-corrected chi connectivity index (χ1v) is 15.2. The molecule has 3 aromatic rings. The van der Waals surface area contributed by atoms with Gasteiger partial charge in [0.05, 0.1) is 21.7 Å². The molecule has 4 nitrogen and oxygen atoms in total. The van der Waals surface area contributed by atoms with Gasteiger partial charge in [-0.25, -0.2) is 13.8 Å². The molecule has 0 saturated heterocycles.